The van der Waals surface area contributed by atoms with E-state index >= 15 is 0 Å². The van der Waals surface area contributed by atoms with Crippen molar-refractivity contribution in [3.8, 4) is 0 Å². The third-order valence-electron chi connectivity index (χ3n) is 4.06. The van der Waals surface area contributed by atoms with Gasteiger partial charge in [-0.2, -0.15) is 0 Å². The summed E-state index contributed by atoms with van der Waals surface area (Å²) in [6.45, 7) is 5.55. The van der Waals surface area contributed by atoms with E-state index in [-0.39, 0.29) is 20.5 Å². The molecule has 0 radical (unpaired) electrons. The largest absolute Gasteiger partial charge is 0.610 e. The molecule has 0 spiro atoms. The van der Waals surface area contributed by atoms with E-state index in [1.165, 1.54) is 22.9 Å². The van der Waals surface area contributed by atoms with Crippen molar-refractivity contribution in [3.63, 3.8) is 0 Å². The molecule has 24 heavy (non-hydrogen) atoms. The number of aryl methyl sites for hydroxylation is 2. The molecule has 8 heteroatoms. The SMILES string of the molecule is Cc1nc2c(S(=O)(=O)c3ccccc3)c([S+](C)[O-])nn2c(C)c1C. The lowest BCUT2D eigenvalue weighted by molar-refractivity contribution is 0.583. The van der Waals surface area contributed by atoms with Gasteiger partial charge in [0.25, 0.3) is 5.03 Å². The van der Waals surface area contributed by atoms with Crippen LogP contribution in [0.2, 0.25) is 0 Å². The molecule has 0 fully saturated rings. The highest BCUT2D eigenvalue weighted by atomic mass is 32.2. The van der Waals surface area contributed by atoms with Gasteiger partial charge in [0.2, 0.25) is 9.84 Å². The minimum Gasteiger partial charge on any atom is -0.610 e. The van der Waals surface area contributed by atoms with Crippen LogP contribution in [-0.4, -0.2) is 33.8 Å². The fourth-order valence-electron chi connectivity index (χ4n) is 2.51. The first-order valence-electron chi connectivity index (χ1n) is 7.25. The molecule has 0 saturated carbocycles. The van der Waals surface area contributed by atoms with Crippen molar-refractivity contribution in [1.82, 2.24) is 14.6 Å². The van der Waals surface area contributed by atoms with E-state index in [2.05, 4.69) is 10.1 Å². The maximum atomic E-state index is 13.1. The van der Waals surface area contributed by atoms with Gasteiger partial charge in [0.1, 0.15) is 6.26 Å². The van der Waals surface area contributed by atoms with E-state index < -0.39 is 21.0 Å². The Labute approximate surface area is 143 Å². The first-order chi connectivity index (χ1) is 11.2. The first kappa shape index (κ1) is 16.9. The van der Waals surface area contributed by atoms with Gasteiger partial charge >= 0.3 is 0 Å². The second-order valence-corrected chi connectivity index (χ2v) is 8.73. The second-order valence-electron chi connectivity index (χ2n) is 5.55. The van der Waals surface area contributed by atoms with Crippen LogP contribution in [0.25, 0.3) is 5.65 Å². The highest BCUT2D eigenvalue weighted by Gasteiger charge is 2.34. The van der Waals surface area contributed by atoms with E-state index in [0.717, 1.165) is 17.0 Å². The van der Waals surface area contributed by atoms with Crippen LogP contribution in [0.15, 0.2) is 45.1 Å². The number of aromatic nitrogens is 3. The molecule has 2 aromatic heterocycles. The molecule has 0 aliphatic carbocycles. The smallest absolute Gasteiger partial charge is 0.284 e. The predicted octanol–water partition coefficient (Wildman–Crippen LogP) is 2.22. The molecule has 0 aliphatic heterocycles. The maximum absolute atomic E-state index is 13.1. The Hall–Kier alpha value is -1.90. The molecule has 0 saturated heterocycles. The fraction of sp³-hybridized carbons (Fsp3) is 0.250. The molecule has 0 N–H and O–H groups in total. The lowest BCUT2D eigenvalue weighted by Gasteiger charge is -2.07. The van der Waals surface area contributed by atoms with E-state index in [9.17, 15) is 13.0 Å². The summed E-state index contributed by atoms with van der Waals surface area (Å²) in [5.74, 6) is 0. The number of hydrogen-bond donors (Lipinski definition) is 0. The van der Waals surface area contributed by atoms with Crippen LogP contribution in [0.3, 0.4) is 0 Å². The van der Waals surface area contributed by atoms with Gasteiger partial charge in [-0.3, -0.25) is 0 Å². The van der Waals surface area contributed by atoms with Crippen molar-refractivity contribution >= 4 is 26.7 Å². The van der Waals surface area contributed by atoms with Crippen LogP contribution in [-0.2, 0) is 21.0 Å². The van der Waals surface area contributed by atoms with Crippen molar-refractivity contribution in [2.45, 2.75) is 35.6 Å². The van der Waals surface area contributed by atoms with Crippen LogP contribution in [0.5, 0.6) is 0 Å². The summed E-state index contributed by atoms with van der Waals surface area (Å²) in [5, 5.41) is 4.31. The van der Waals surface area contributed by atoms with Crippen LogP contribution < -0.4 is 0 Å². The highest BCUT2D eigenvalue weighted by Crippen LogP contribution is 2.31. The summed E-state index contributed by atoms with van der Waals surface area (Å²) in [5.41, 5.74) is 2.63. The first-order valence-corrected chi connectivity index (χ1v) is 10.3. The maximum Gasteiger partial charge on any atom is 0.284 e. The summed E-state index contributed by atoms with van der Waals surface area (Å²) in [6.07, 6.45) is 1.42. The number of sulfone groups is 1. The number of rotatable bonds is 3. The summed E-state index contributed by atoms with van der Waals surface area (Å²) in [4.78, 5) is 4.46. The van der Waals surface area contributed by atoms with E-state index in [1.54, 1.807) is 18.2 Å². The number of fused-ring (bicyclic) bond motifs is 1. The van der Waals surface area contributed by atoms with Gasteiger partial charge in [0.15, 0.2) is 10.5 Å². The summed E-state index contributed by atoms with van der Waals surface area (Å²) >= 11 is -1.57. The molecular weight excluding hydrogens is 346 g/mol. The Balaban J connectivity index is 2.45. The Kier molecular flexibility index (Phi) is 4.15. The van der Waals surface area contributed by atoms with E-state index in [4.69, 9.17) is 0 Å². The molecular formula is C16H17N3O3S2. The van der Waals surface area contributed by atoms with Crippen LogP contribution >= 0.6 is 0 Å². The van der Waals surface area contributed by atoms with Gasteiger partial charge in [-0.1, -0.05) is 18.2 Å². The zero-order chi connectivity index (χ0) is 17.6. The minimum absolute atomic E-state index is 0.0273. The van der Waals surface area contributed by atoms with Crippen LogP contribution in [0, 0.1) is 20.8 Å². The Bertz CT molecular complexity index is 1030. The average molecular weight is 363 g/mol. The van der Waals surface area contributed by atoms with Crippen molar-refractivity contribution in [2.24, 2.45) is 0 Å². The lowest BCUT2D eigenvalue weighted by atomic mass is 10.2. The monoisotopic (exact) mass is 363 g/mol. The van der Waals surface area contributed by atoms with Gasteiger partial charge in [0.05, 0.1) is 4.90 Å². The van der Waals surface area contributed by atoms with Crippen molar-refractivity contribution < 1.29 is 13.0 Å². The zero-order valence-electron chi connectivity index (χ0n) is 13.8. The molecule has 2 heterocycles. The third-order valence-corrected chi connectivity index (χ3v) is 6.83. The molecule has 1 unspecified atom stereocenters. The molecule has 126 valence electrons. The molecule has 0 amide bonds. The zero-order valence-corrected chi connectivity index (χ0v) is 15.4. The van der Waals surface area contributed by atoms with Crippen molar-refractivity contribution in [2.75, 3.05) is 6.26 Å². The molecule has 3 rings (SSSR count). The number of nitrogens with zero attached hydrogens (tertiary/aromatic N) is 3. The fourth-order valence-corrected chi connectivity index (χ4v) is 5.14. The van der Waals surface area contributed by atoms with Gasteiger partial charge in [-0.15, -0.1) is 5.10 Å². The second kappa shape index (κ2) is 5.87. The molecule has 1 atom stereocenters. The lowest BCUT2D eigenvalue weighted by Crippen LogP contribution is -2.09. The number of benzene rings is 1. The highest BCUT2D eigenvalue weighted by molar-refractivity contribution is 7.94. The Morgan fingerprint density at radius 1 is 1.12 bits per heavy atom. The summed E-state index contributed by atoms with van der Waals surface area (Å²) < 4.78 is 39.8. The average Bonchev–Trinajstić information content (AvgIpc) is 2.94. The molecule has 0 aliphatic rings. The van der Waals surface area contributed by atoms with Crippen molar-refractivity contribution in [1.29, 1.82) is 0 Å². The number of hydrogen-bond acceptors (Lipinski definition) is 5. The quantitative estimate of drug-likeness (QED) is 0.666. The van der Waals surface area contributed by atoms with Crippen molar-refractivity contribution in [3.05, 3.63) is 47.3 Å². The van der Waals surface area contributed by atoms with Crippen LogP contribution in [0.1, 0.15) is 17.0 Å². The summed E-state index contributed by atoms with van der Waals surface area (Å²) in [7, 11) is -3.88. The third kappa shape index (κ3) is 2.51. The Morgan fingerprint density at radius 3 is 2.33 bits per heavy atom. The van der Waals surface area contributed by atoms with E-state index in [0.29, 0.717) is 0 Å². The Morgan fingerprint density at radius 2 is 1.75 bits per heavy atom. The standard InChI is InChI=1S/C16H17N3O3S2/c1-10-11(2)17-15-14(16(23(4)20)18-19(15)12(10)3)24(21,22)13-8-6-5-7-9-13/h5-9H,1-4H3. The molecule has 3 aromatic rings. The van der Waals surface area contributed by atoms with Gasteiger partial charge in [-0.25, -0.2) is 17.9 Å². The topological polar surface area (TPSA) is 87.4 Å². The van der Waals surface area contributed by atoms with Gasteiger partial charge in [0, 0.05) is 22.6 Å². The molecule has 0 bridgehead atoms. The summed E-state index contributed by atoms with van der Waals surface area (Å²) in [6, 6.07) is 8.05. The molecule has 1 aromatic carbocycles. The minimum atomic E-state index is -3.88. The normalized spacial score (nSPS) is 13.4. The van der Waals surface area contributed by atoms with Crippen LogP contribution in [0.4, 0.5) is 0 Å². The van der Waals surface area contributed by atoms with Gasteiger partial charge < -0.3 is 4.55 Å². The van der Waals surface area contributed by atoms with Gasteiger partial charge in [-0.05, 0) is 38.5 Å². The van der Waals surface area contributed by atoms with E-state index in [1.807, 2.05) is 20.8 Å². The predicted molar refractivity (Wildman–Crippen MR) is 91.4 cm³/mol. The molecule has 6 nitrogen and oxygen atoms in total.